The summed E-state index contributed by atoms with van der Waals surface area (Å²) in [4.78, 5) is 0. The van der Waals surface area contributed by atoms with Gasteiger partial charge in [0.05, 0.1) is 7.11 Å². The Balaban J connectivity index is 2.68. The van der Waals surface area contributed by atoms with E-state index >= 15 is 0 Å². The molecule has 0 radical (unpaired) electrons. The van der Waals surface area contributed by atoms with Crippen LogP contribution in [0, 0.1) is 0 Å². The average Bonchev–Trinajstić information content (AvgIpc) is 2.30. The predicted molar refractivity (Wildman–Crippen MR) is 70.5 cm³/mol. The van der Waals surface area contributed by atoms with Gasteiger partial charge in [0.25, 0.3) is 0 Å². The summed E-state index contributed by atoms with van der Waals surface area (Å²) in [7, 11) is 1.66. The van der Waals surface area contributed by atoms with Crippen LogP contribution in [-0.4, -0.2) is 7.11 Å². The summed E-state index contributed by atoms with van der Waals surface area (Å²) in [5.74, 6) is 0.812. The van der Waals surface area contributed by atoms with Crippen LogP contribution in [-0.2, 0) is 0 Å². The van der Waals surface area contributed by atoms with Gasteiger partial charge in [-0.3, -0.25) is 0 Å². The lowest BCUT2D eigenvalue weighted by Crippen LogP contribution is -1.93. The summed E-state index contributed by atoms with van der Waals surface area (Å²) in [6, 6.07) is 13.6. The number of benzene rings is 2. The highest BCUT2D eigenvalue weighted by Crippen LogP contribution is 2.38. The first-order chi connectivity index (χ1) is 7.74. The molecular weight excluding hydrogens is 266 g/mol. The number of methoxy groups -OCH3 is 1. The molecule has 0 aliphatic carbocycles. The van der Waals surface area contributed by atoms with E-state index in [1.165, 1.54) is 0 Å². The van der Waals surface area contributed by atoms with Crippen LogP contribution in [0.25, 0.3) is 11.1 Å². The van der Waals surface area contributed by atoms with Crippen molar-refractivity contribution in [2.24, 2.45) is 0 Å². The van der Waals surface area contributed by atoms with Crippen LogP contribution in [0.2, 0.25) is 0 Å². The summed E-state index contributed by atoms with van der Waals surface area (Å²) >= 11 is 3.52. The molecule has 82 valence electrons. The van der Waals surface area contributed by atoms with E-state index in [0.29, 0.717) is 0 Å². The van der Waals surface area contributed by atoms with E-state index in [0.717, 1.165) is 27.0 Å². The second-order valence-corrected chi connectivity index (χ2v) is 4.26. The Bertz CT molecular complexity index is 511. The van der Waals surface area contributed by atoms with E-state index in [1.807, 2.05) is 42.5 Å². The first kappa shape index (κ1) is 11.0. The molecule has 2 aromatic rings. The molecule has 0 saturated carbocycles. The Morgan fingerprint density at radius 2 is 1.81 bits per heavy atom. The van der Waals surface area contributed by atoms with Gasteiger partial charge in [-0.25, -0.2) is 0 Å². The standard InChI is InChI=1S/C13H12BrNO/c1-16-12-8-4-6-10(14)13(12)9-5-2-3-7-11(9)15/h2-8H,15H2,1H3. The van der Waals surface area contributed by atoms with Gasteiger partial charge in [0.15, 0.2) is 0 Å². The number of hydrogen-bond acceptors (Lipinski definition) is 2. The van der Waals surface area contributed by atoms with E-state index in [-0.39, 0.29) is 0 Å². The number of nitrogen functional groups attached to an aromatic ring is 1. The predicted octanol–water partition coefficient (Wildman–Crippen LogP) is 3.71. The van der Waals surface area contributed by atoms with E-state index in [2.05, 4.69) is 15.9 Å². The molecule has 0 atom stereocenters. The molecule has 0 unspecified atom stereocenters. The number of nitrogens with two attached hydrogens (primary N) is 1. The lowest BCUT2D eigenvalue weighted by atomic mass is 10.0. The molecule has 16 heavy (non-hydrogen) atoms. The van der Waals surface area contributed by atoms with Gasteiger partial charge in [-0.1, -0.05) is 40.2 Å². The van der Waals surface area contributed by atoms with Crippen LogP contribution in [0.4, 0.5) is 5.69 Å². The zero-order valence-electron chi connectivity index (χ0n) is 8.91. The SMILES string of the molecule is COc1cccc(Br)c1-c1ccccc1N. The smallest absolute Gasteiger partial charge is 0.127 e. The second-order valence-electron chi connectivity index (χ2n) is 3.40. The van der Waals surface area contributed by atoms with Crippen LogP contribution >= 0.6 is 15.9 Å². The zero-order valence-corrected chi connectivity index (χ0v) is 10.5. The van der Waals surface area contributed by atoms with Crippen molar-refractivity contribution in [3.63, 3.8) is 0 Å². The molecular formula is C13H12BrNO. The highest BCUT2D eigenvalue weighted by molar-refractivity contribution is 9.10. The Hall–Kier alpha value is -1.48. The summed E-state index contributed by atoms with van der Waals surface area (Å²) in [5, 5.41) is 0. The lowest BCUT2D eigenvalue weighted by molar-refractivity contribution is 0.416. The van der Waals surface area contributed by atoms with Crippen molar-refractivity contribution in [2.45, 2.75) is 0 Å². The van der Waals surface area contributed by atoms with E-state index < -0.39 is 0 Å². The van der Waals surface area contributed by atoms with Crippen LogP contribution in [0.15, 0.2) is 46.9 Å². The van der Waals surface area contributed by atoms with Gasteiger partial charge < -0.3 is 10.5 Å². The van der Waals surface area contributed by atoms with Gasteiger partial charge in [0.2, 0.25) is 0 Å². The normalized spacial score (nSPS) is 10.1. The highest BCUT2D eigenvalue weighted by atomic mass is 79.9. The quantitative estimate of drug-likeness (QED) is 0.850. The minimum absolute atomic E-state index is 0.743. The molecule has 0 aliphatic heterocycles. The molecule has 0 spiro atoms. The third-order valence-corrected chi connectivity index (χ3v) is 3.09. The van der Waals surface area contributed by atoms with Crippen molar-refractivity contribution in [2.75, 3.05) is 12.8 Å². The van der Waals surface area contributed by atoms with Gasteiger partial charge in [0.1, 0.15) is 5.75 Å². The number of ether oxygens (including phenoxy) is 1. The maximum Gasteiger partial charge on any atom is 0.127 e. The molecule has 0 fully saturated rings. The van der Waals surface area contributed by atoms with Gasteiger partial charge >= 0.3 is 0 Å². The number of hydrogen-bond donors (Lipinski definition) is 1. The van der Waals surface area contributed by atoms with Crippen molar-refractivity contribution in [3.8, 4) is 16.9 Å². The molecule has 2 aromatic carbocycles. The first-order valence-electron chi connectivity index (χ1n) is 4.91. The third kappa shape index (κ3) is 1.91. The number of para-hydroxylation sites is 1. The molecule has 0 aliphatic rings. The topological polar surface area (TPSA) is 35.2 Å². The van der Waals surface area contributed by atoms with Crippen LogP contribution in [0.1, 0.15) is 0 Å². The van der Waals surface area contributed by atoms with E-state index in [1.54, 1.807) is 7.11 Å². The van der Waals surface area contributed by atoms with Crippen molar-refractivity contribution in [3.05, 3.63) is 46.9 Å². The molecule has 0 amide bonds. The molecule has 2 N–H and O–H groups in total. The average molecular weight is 278 g/mol. The van der Waals surface area contributed by atoms with Crippen LogP contribution in [0.3, 0.4) is 0 Å². The Morgan fingerprint density at radius 3 is 2.50 bits per heavy atom. The van der Waals surface area contributed by atoms with Crippen molar-refractivity contribution < 1.29 is 4.74 Å². The van der Waals surface area contributed by atoms with E-state index in [9.17, 15) is 0 Å². The number of halogens is 1. The minimum atomic E-state index is 0.743. The lowest BCUT2D eigenvalue weighted by Gasteiger charge is -2.12. The molecule has 0 saturated heterocycles. The van der Waals surface area contributed by atoms with E-state index in [4.69, 9.17) is 10.5 Å². The largest absolute Gasteiger partial charge is 0.496 e. The van der Waals surface area contributed by atoms with Crippen molar-refractivity contribution >= 4 is 21.6 Å². The molecule has 2 rings (SSSR count). The zero-order chi connectivity index (χ0) is 11.5. The minimum Gasteiger partial charge on any atom is -0.496 e. The summed E-state index contributed by atoms with van der Waals surface area (Å²) in [6.07, 6.45) is 0. The number of anilines is 1. The van der Waals surface area contributed by atoms with Crippen LogP contribution < -0.4 is 10.5 Å². The van der Waals surface area contributed by atoms with Gasteiger partial charge in [-0.05, 0) is 18.2 Å². The van der Waals surface area contributed by atoms with Crippen LogP contribution in [0.5, 0.6) is 5.75 Å². The monoisotopic (exact) mass is 277 g/mol. The van der Waals surface area contributed by atoms with Gasteiger partial charge in [-0.15, -0.1) is 0 Å². The molecule has 0 heterocycles. The van der Waals surface area contributed by atoms with Crippen molar-refractivity contribution in [1.82, 2.24) is 0 Å². The Labute approximate surface area is 103 Å². The fourth-order valence-electron chi connectivity index (χ4n) is 1.66. The molecule has 0 aromatic heterocycles. The Morgan fingerprint density at radius 1 is 1.06 bits per heavy atom. The third-order valence-electron chi connectivity index (χ3n) is 2.43. The maximum absolute atomic E-state index is 5.97. The molecule has 3 heteroatoms. The highest BCUT2D eigenvalue weighted by Gasteiger charge is 2.11. The summed E-state index contributed by atoms with van der Waals surface area (Å²) in [6.45, 7) is 0. The number of rotatable bonds is 2. The summed E-state index contributed by atoms with van der Waals surface area (Å²) in [5.41, 5.74) is 8.68. The van der Waals surface area contributed by atoms with Gasteiger partial charge in [0, 0.05) is 21.3 Å². The summed E-state index contributed by atoms with van der Waals surface area (Å²) < 4.78 is 6.33. The molecule has 0 bridgehead atoms. The Kier molecular flexibility index (Phi) is 3.15. The first-order valence-corrected chi connectivity index (χ1v) is 5.70. The fraction of sp³-hybridized carbons (Fsp3) is 0.0769. The fourth-order valence-corrected chi connectivity index (χ4v) is 2.22. The van der Waals surface area contributed by atoms with Gasteiger partial charge in [-0.2, -0.15) is 0 Å². The maximum atomic E-state index is 5.97. The second kappa shape index (κ2) is 4.58. The molecule has 2 nitrogen and oxygen atoms in total. The van der Waals surface area contributed by atoms with Crippen molar-refractivity contribution in [1.29, 1.82) is 0 Å².